The molecule has 0 aromatic carbocycles. The smallest absolute Gasteiger partial charge is 0.250 e. The molecule has 1 unspecified atom stereocenters. The van der Waals surface area contributed by atoms with Crippen LogP contribution < -0.4 is 10.0 Å². The summed E-state index contributed by atoms with van der Waals surface area (Å²) in [6, 6.07) is 0.962. The van der Waals surface area contributed by atoms with Crippen molar-refractivity contribution >= 4 is 27.3 Å². The molecule has 0 spiro atoms. The van der Waals surface area contributed by atoms with Gasteiger partial charge in [-0.2, -0.15) is 4.72 Å². The van der Waals surface area contributed by atoms with Crippen LogP contribution in [0.1, 0.15) is 18.4 Å². The fourth-order valence-corrected chi connectivity index (χ4v) is 4.15. The summed E-state index contributed by atoms with van der Waals surface area (Å²) >= 11 is 1.16. The van der Waals surface area contributed by atoms with E-state index in [1.54, 1.807) is 11.4 Å². The maximum Gasteiger partial charge on any atom is 0.250 e. The number of carbonyl (C=O) groups excluding carboxylic acids is 1. The van der Waals surface area contributed by atoms with E-state index in [0.717, 1.165) is 23.3 Å². The highest BCUT2D eigenvalue weighted by atomic mass is 32.2. The number of rotatable bonds is 3. The van der Waals surface area contributed by atoms with Crippen LogP contribution >= 0.6 is 11.3 Å². The maximum absolute atomic E-state index is 12.0. The van der Waals surface area contributed by atoms with Gasteiger partial charge in [0.2, 0.25) is 5.91 Å². The molecule has 17 heavy (non-hydrogen) atoms. The Morgan fingerprint density at radius 1 is 1.53 bits per heavy atom. The molecule has 1 aliphatic rings. The summed E-state index contributed by atoms with van der Waals surface area (Å²) < 4.78 is 26.7. The van der Waals surface area contributed by atoms with Crippen LogP contribution in [0.4, 0.5) is 0 Å². The molecular formula is C10H14N2O3S2. The molecule has 0 saturated carbocycles. The lowest BCUT2D eigenvalue weighted by atomic mass is 10.1. The third-order valence-electron chi connectivity index (χ3n) is 2.55. The second kappa shape index (κ2) is 4.75. The van der Waals surface area contributed by atoms with Gasteiger partial charge in [0, 0.05) is 6.54 Å². The van der Waals surface area contributed by atoms with Gasteiger partial charge in [-0.1, -0.05) is 0 Å². The van der Waals surface area contributed by atoms with E-state index in [-0.39, 0.29) is 10.1 Å². The molecule has 1 fully saturated rings. The average molecular weight is 274 g/mol. The van der Waals surface area contributed by atoms with Gasteiger partial charge in [0.05, 0.1) is 0 Å². The standard InChI is InChI=1S/C10H14N2O3S2/c1-7-5-9(16-6-7)17(14,15)12-8-3-2-4-11-10(8)13/h5-6,8,12H,2-4H2,1H3,(H,11,13). The predicted molar refractivity (Wildman–Crippen MR) is 65.4 cm³/mol. The number of hydrogen-bond donors (Lipinski definition) is 2. The monoisotopic (exact) mass is 274 g/mol. The van der Waals surface area contributed by atoms with Crippen LogP contribution in [0.2, 0.25) is 0 Å². The number of sulfonamides is 1. The van der Waals surface area contributed by atoms with Crippen molar-refractivity contribution in [1.82, 2.24) is 10.0 Å². The van der Waals surface area contributed by atoms with E-state index in [0.29, 0.717) is 13.0 Å². The lowest BCUT2D eigenvalue weighted by Crippen LogP contribution is -2.49. The first-order valence-electron chi connectivity index (χ1n) is 5.34. The van der Waals surface area contributed by atoms with Gasteiger partial charge in [-0.05, 0) is 36.8 Å². The molecule has 1 saturated heterocycles. The highest BCUT2D eigenvalue weighted by molar-refractivity contribution is 7.91. The van der Waals surface area contributed by atoms with E-state index in [4.69, 9.17) is 0 Å². The van der Waals surface area contributed by atoms with Crippen LogP contribution in [0.3, 0.4) is 0 Å². The molecule has 1 amide bonds. The number of piperidine rings is 1. The van der Waals surface area contributed by atoms with Gasteiger partial charge < -0.3 is 5.32 Å². The largest absolute Gasteiger partial charge is 0.355 e. The molecule has 2 heterocycles. The fraction of sp³-hybridized carbons (Fsp3) is 0.500. The van der Waals surface area contributed by atoms with E-state index in [1.807, 2.05) is 6.92 Å². The molecule has 5 nitrogen and oxygen atoms in total. The summed E-state index contributed by atoms with van der Waals surface area (Å²) in [5, 5.41) is 4.42. The van der Waals surface area contributed by atoms with Crippen molar-refractivity contribution in [2.45, 2.75) is 30.0 Å². The minimum Gasteiger partial charge on any atom is -0.355 e. The number of carbonyl (C=O) groups is 1. The Kier molecular flexibility index (Phi) is 3.50. The third kappa shape index (κ3) is 2.85. The van der Waals surface area contributed by atoms with Crippen molar-refractivity contribution in [2.75, 3.05) is 6.54 Å². The molecule has 0 bridgehead atoms. The predicted octanol–water partition coefficient (Wildman–Crippen LogP) is 0.613. The summed E-state index contributed by atoms with van der Waals surface area (Å²) in [4.78, 5) is 11.5. The molecule has 0 radical (unpaired) electrons. The van der Waals surface area contributed by atoms with Crippen molar-refractivity contribution in [2.24, 2.45) is 0 Å². The van der Waals surface area contributed by atoms with Gasteiger partial charge in [0.25, 0.3) is 10.0 Å². The lowest BCUT2D eigenvalue weighted by molar-refractivity contribution is -0.124. The molecular weight excluding hydrogens is 260 g/mol. The third-order valence-corrected chi connectivity index (χ3v) is 5.58. The molecule has 2 rings (SSSR count). The molecule has 2 N–H and O–H groups in total. The SMILES string of the molecule is Cc1csc(S(=O)(=O)NC2CCCNC2=O)c1. The van der Waals surface area contributed by atoms with Crippen LogP contribution in [0.5, 0.6) is 0 Å². The van der Waals surface area contributed by atoms with Gasteiger partial charge >= 0.3 is 0 Å². The quantitative estimate of drug-likeness (QED) is 0.848. The zero-order valence-corrected chi connectivity index (χ0v) is 11.0. The number of hydrogen-bond acceptors (Lipinski definition) is 4. The summed E-state index contributed by atoms with van der Waals surface area (Å²) in [5.74, 6) is -0.242. The first kappa shape index (κ1) is 12.5. The molecule has 1 atom stereocenters. The zero-order valence-electron chi connectivity index (χ0n) is 9.39. The van der Waals surface area contributed by atoms with E-state index in [2.05, 4.69) is 10.0 Å². The van der Waals surface area contributed by atoms with Crippen LogP contribution in [0, 0.1) is 6.92 Å². The van der Waals surface area contributed by atoms with Crippen LogP contribution in [0.15, 0.2) is 15.7 Å². The van der Waals surface area contributed by atoms with Gasteiger partial charge in [-0.25, -0.2) is 8.42 Å². The van der Waals surface area contributed by atoms with E-state index in [1.165, 1.54) is 0 Å². The first-order chi connectivity index (χ1) is 7.99. The lowest BCUT2D eigenvalue weighted by Gasteiger charge is -2.22. The highest BCUT2D eigenvalue weighted by Crippen LogP contribution is 2.20. The van der Waals surface area contributed by atoms with E-state index >= 15 is 0 Å². The van der Waals surface area contributed by atoms with Crippen molar-refractivity contribution in [3.8, 4) is 0 Å². The van der Waals surface area contributed by atoms with Crippen LogP contribution in [0.25, 0.3) is 0 Å². The zero-order chi connectivity index (χ0) is 12.5. The van der Waals surface area contributed by atoms with Crippen molar-refractivity contribution < 1.29 is 13.2 Å². The van der Waals surface area contributed by atoms with Crippen molar-refractivity contribution in [3.05, 3.63) is 17.0 Å². The van der Waals surface area contributed by atoms with Gasteiger partial charge in [-0.15, -0.1) is 11.3 Å². The van der Waals surface area contributed by atoms with Crippen molar-refractivity contribution in [1.29, 1.82) is 0 Å². The number of aryl methyl sites for hydroxylation is 1. The topological polar surface area (TPSA) is 75.3 Å². The Morgan fingerprint density at radius 3 is 2.88 bits per heavy atom. The molecule has 1 aromatic rings. The molecule has 1 aromatic heterocycles. The minimum absolute atomic E-state index is 0.242. The Balaban J connectivity index is 2.14. The van der Waals surface area contributed by atoms with Crippen LogP contribution in [-0.4, -0.2) is 26.9 Å². The number of amides is 1. The Hall–Kier alpha value is -0.920. The molecule has 1 aliphatic heterocycles. The van der Waals surface area contributed by atoms with Crippen molar-refractivity contribution in [3.63, 3.8) is 0 Å². The minimum atomic E-state index is -3.56. The van der Waals surface area contributed by atoms with Gasteiger partial charge in [0.15, 0.2) is 0 Å². The summed E-state index contributed by atoms with van der Waals surface area (Å²) in [7, 11) is -3.56. The van der Waals surface area contributed by atoms with Gasteiger partial charge in [-0.3, -0.25) is 4.79 Å². The number of nitrogens with one attached hydrogen (secondary N) is 2. The van der Waals surface area contributed by atoms with E-state index in [9.17, 15) is 13.2 Å². The average Bonchev–Trinajstić information content (AvgIpc) is 2.69. The van der Waals surface area contributed by atoms with Crippen LogP contribution in [-0.2, 0) is 14.8 Å². The molecule has 0 aliphatic carbocycles. The molecule has 7 heteroatoms. The maximum atomic E-state index is 12.0. The summed E-state index contributed by atoms with van der Waals surface area (Å²) in [6.07, 6.45) is 1.35. The highest BCUT2D eigenvalue weighted by Gasteiger charge is 2.28. The Morgan fingerprint density at radius 2 is 2.29 bits per heavy atom. The first-order valence-corrected chi connectivity index (χ1v) is 7.70. The fourth-order valence-electron chi connectivity index (χ4n) is 1.68. The second-order valence-electron chi connectivity index (χ2n) is 4.05. The van der Waals surface area contributed by atoms with Gasteiger partial charge in [0.1, 0.15) is 10.3 Å². The normalized spacial score (nSPS) is 21.2. The number of thiophene rings is 1. The Labute approximate surface area is 104 Å². The Bertz CT molecular complexity index is 521. The summed E-state index contributed by atoms with van der Waals surface area (Å²) in [5.41, 5.74) is 0.906. The second-order valence-corrected chi connectivity index (χ2v) is 6.90. The molecule has 94 valence electrons. The van der Waals surface area contributed by atoms with E-state index < -0.39 is 16.1 Å². The summed E-state index contributed by atoms with van der Waals surface area (Å²) in [6.45, 7) is 2.46.